The number of ether oxygens (including phenoxy) is 1. The average molecular weight is 395 g/mol. The number of nitrogens with one attached hydrogen (secondary N) is 1. The maximum Gasteiger partial charge on any atom is 0.267 e. The minimum Gasteiger partial charge on any atom is -0.492 e. The molecule has 0 bridgehead atoms. The summed E-state index contributed by atoms with van der Waals surface area (Å²) in [7, 11) is 0. The highest BCUT2D eigenvalue weighted by molar-refractivity contribution is 5.75. The molecule has 1 aromatic heterocycles. The van der Waals surface area contributed by atoms with E-state index in [0.717, 1.165) is 16.7 Å². The lowest BCUT2D eigenvalue weighted by atomic mass is 10.1. The zero-order valence-electron chi connectivity index (χ0n) is 16.1. The fourth-order valence-corrected chi connectivity index (χ4v) is 2.71. The van der Waals surface area contributed by atoms with Crippen LogP contribution < -0.4 is 15.6 Å². The molecule has 0 spiro atoms. The van der Waals surface area contributed by atoms with Crippen molar-refractivity contribution in [3.05, 3.63) is 82.4 Å². The zero-order valence-corrected chi connectivity index (χ0v) is 16.1. The molecule has 0 aliphatic heterocycles. The van der Waals surface area contributed by atoms with Gasteiger partial charge in [0.2, 0.25) is 5.91 Å². The fraction of sp³-hybridized carbons (Fsp3) is 0.227. The molecule has 3 aromatic rings. The molecule has 6 nitrogen and oxygen atoms in total. The smallest absolute Gasteiger partial charge is 0.267 e. The van der Waals surface area contributed by atoms with E-state index in [1.54, 1.807) is 6.07 Å². The number of aromatic nitrogens is 2. The number of amides is 1. The highest BCUT2D eigenvalue weighted by Gasteiger charge is 2.08. The van der Waals surface area contributed by atoms with E-state index in [2.05, 4.69) is 17.3 Å². The van der Waals surface area contributed by atoms with Crippen LogP contribution in [0.2, 0.25) is 0 Å². The average Bonchev–Trinajstić information content (AvgIpc) is 2.74. The summed E-state index contributed by atoms with van der Waals surface area (Å²) in [4.78, 5) is 24.2. The van der Waals surface area contributed by atoms with Gasteiger partial charge in [-0.3, -0.25) is 9.59 Å². The maximum absolute atomic E-state index is 12.8. The van der Waals surface area contributed by atoms with Crippen LogP contribution in [0.15, 0.2) is 65.5 Å². The van der Waals surface area contributed by atoms with Crippen LogP contribution in [-0.4, -0.2) is 28.8 Å². The first-order valence-corrected chi connectivity index (χ1v) is 9.37. The first kappa shape index (κ1) is 20.3. The van der Waals surface area contributed by atoms with E-state index in [9.17, 15) is 14.0 Å². The van der Waals surface area contributed by atoms with Gasteiger partial charge in [-0.1, -0.05) is 31.2 Å². The molecule has 0 saturated carbocycles. The third-order valence-corrected chi connectivity index (χ3v) is 4.32. The van der Waals surface area contributed by atoms with Crippen LogP contribution in [0, 0.1) is 5.82 Å². The summed E-state index contributed by atoms with van der Waals surface area (Å²) in [5, 5.41) is 6.98. The molecular formula is C22H22FN3O3. The topological polar surface area (TPSA) is 73.2 Å². The van der Waals surface area contributed by atoms with Crippen LogP contribution in [0.5, 0.6) is 5.75 Å². The third-order valence-electron chi connectivity index (χ3n) is 4.32. The van der Waals surface area contributed by atoms with Gasteiger partial charge in [-0.05, 0) is 42.3 Å². The van der Waals surface area contributed by atoms with Crippen LogP contribution in [0.4, 0.5) is 4.39 Å². The van der Waals surface area contributed by atoms with Crippen LogP contribution in [0.25, 0.3) is 11.3 Å². The molecule has 0 aliphatic rings. The van der Waals surface area contributed by atoms with Crippen molar-refractivity contribution in [2.24, 2.45) is 0 Å². The molecule has 1 amide bonds. The van der Waals surface area contributed by atoms with E-state index in [1.165, 1.54) is 35.9 Å². The van der Waals surface area contributed by atoms with Gasteiger partial charge in [0.05, 0.1) is 12.2 Å². The van der Waals surface area contributed by atoms with Gasteiger partial charge in [-0.15, -0.1) is 0 Å². The van der Waals surface area contributed by atoms with Gasteiger partial charge in [-0.2, -0.15) is 5.10 Å². The summed E-state index contributed by atoms with van der Waals surface area (Å²) in [6.07, 6.45) is 0.943. The van der Waals surface area contributed by atoms with Crippen molar-refractivity contribution >= 4 is 5.91 Å². The number of hydrogen-bond donors (Lipinski definition) is 1. The Morgan fingerprint density at radius 3 is 2.48 bits per heavy atom. The second-order valence-corrected chi connectivity index (χ2v) is 6.42. The first-order chi connectivity index (χ1) is 14.0. The van der Waals surface area contributed by atoms with Gasteiger partial charge < -0.3 is 10.1 Å². The normalized spacial score (nSPS) is 10.6. The Hall–Kier alpha value is -3.48. The second-order valence-electron chi connectivity index (χ2n) is 6.42. The van der Waals surface area contributed by atoms with E-state index in [0.29, 0.717) is 11.4 Å². The molecule has 0 saturated heterocycles. The summed E-state index contributed by atoms with van der Waals surface area (Å²) < 4.78 is 19.4. The number of carbonyl (C=O) groups excluding carboxylic acids is 1. The molecule has 29 heavy (non-hydrogen) atoms. The number of hydrogen-bond acceptors (Lipinski definition) is 4. The first-order valence-electron chi connectivity index (χ1n) is 9.37. The van der Waals surface area contributed by atoms with Crippen molar-refractivity contribution in [2.75, 3.05) is 13.2 Å². The number of nitrogens with zero attached hydrogens (tertiary/aromatic N) is 2. The summed E-state index contributed by atoms with van der Waals surface area (Å²) >= 11 is 0. The van der Waals surface area contributed by atoms with E-state index < -0.39 is 0 Å². The van der Waals surface area contributed by atoms with E-state index in [1.807, 2.05) is 24.3 Å². The van der Waals surface area contributed by atoms with Gasteiger partial charge in [0.15, 0.2) is 0 Å². The number of rotatable bonds is 8. The molecule has 3 rings (SSSR count). The third kappa shape index (κ3) is 5.75. The van der Waals surface area contributed by atoms with Gasteiger partial charge in [-0.25, -0.2) is 9.07 Å². The molecule has 0 unspecified atom stereocenters. The van der Waals surface area contributed by atoms with Gasteiger partial charge in [0, 0.05) is 11.6 Å². The predicted octanol–water partition coefficient (Wildman–Crippen LogP) is 2.81. The zero-order chi connectivity index (χ0) is 20.6. The molecule has 0 fully saturated rings. The maximum atomic E-state index is 12.8. The molecule has 0 radical (unpaired) electrons. The summed E-state index contributed by atoms with van der Waals surface area (Å²) in [6.45, 7) is 2.37. The Morgan fingerprint density at radius 2 is 1.79 bits per heavy atom. The predicted molar refractivity (Wildman–Crippen MR) is 108 cm³/mol. The minimum atomic E-state index is -0.350. The van der Waals surface area contributed by atoms with E-state index >= 15 is 0 Å². The van der Waals surface area contributed by atoms with Crippen molar-refractivity contribution in [3.63, 3.8) is 0 Å². The van der Waals surface area contributed by atoms with Crippen LogP contribution in [0.3, 0.4) is 0 Å². The highest BCUT2D eigenvalue weighted by Crippen LogP contribution is 2.16. The van der Waals surface area contributed by atoms with E-state index in [4.69, 9.17) is 4.74 Å². The van der Waals surface area contributed by atoms with Crippen LogP contribution >= 0.6 is 0 Å². The van der Waals surface area contributed by atoms with Crippen molar-refractivity contribution in [1.29, 1.82) is 0 Å². The fourth-order valence-electron chi connectivity index (χ4n) is 2.71. The SMILES string of the molecule is CCc1ccc(-c2ccc(=O)n(CC(=O)NCCOc3ccc(F)cc3)n2)cc1. The Balaban J connectivity index is 1.55. The number of carbonyl (C=O) groups is 1. The second kappa shape index (κ2) is 9.64. The molecule has 0 atom stereocenters. The molecular weight excluding hydrogens is 373 g/mol. The number of aryl methyl sites for hydroxylation is 1. The molecule has 7 heteroatoms. The number of benzene rings is 2. The van der Waals surface area contributed by atoms with E-state index in [-0.39, 0.29) is 37.0 Å². The van der Waals surface area contributed by atoms with Crippen molar-refractivity contribution in [3.8, 4) is 17.0 Å². The van der Waals surface area contributed by atoms with Gasteiger partial charge >= 0.3 is 0 Å². The summed E-state index contributed by atoms with van der Waals surface area (Å²) in [6, 6.07) is 16.6. The Labute approximate surface area is 168 Å². The Morgan fingerprint density at radius 1 is 1.07 bits per heavy atom. The molecule has 1 heterocycles. The lowest BCUT2D eigenvalue weighted by molar-refractivity contribution is -0.122. The minimum absolute atomic E-state index is 0.184. The van der Waals surface area contributed by atoms with Crippen LogP contribution in [-0.2, 0) is 17.8 Å². The van der Waals surface area contributed by atoms with Crippen molar-refractivity contribution in [1.82, 2.24) is 15.1 Å². The molecule has 150 valence electrons. The van der Waals surface area contributed by atoms with Gasteiger partial charge in [0.1, 0.15) is 24.7 Å². The quantitative estimate of drug-likeness (QED) is 0.596. The highest BCUT2D eigenvalue weighted by atomic mass is 19.1. The lowest BCUT2D eigenvalue weighted by Crippen LogP contribution is -2.35. The van der Waals surface area contributed by atoms with Crippen molar-refractivity contribution in [2.45, 2.75) is 19.9 Å². The Bertz CT molecular complexity index is 1010. The summed E-state index contributed by atoms with van der Waals surface area (Å²) in [5.41, 5.74) is 2.37. The largest absolute Gasteiger partial charge is 0.492 e. The standard InChI is InChI=1S/C22H22FN3O3/c1-2-16-3-5-17(6-4-16)20-11-12-22(28)26(25-20)15-21(27)24-13-14-29-19-9-7-18(23)8-10-19/h3-12H,2,13-15H2,1H3,(H,24,27). The lowest BCUT2D eigenvalue weighted by Gasteiger charge is -2.09. The molecule has 1 N–H and O–H groups in total. The Kier molecular flexibility index (Phi) is 6.73. The molecule has 2 aromatic carbocycles. The number of halogens is 1. The van der Waals surface area contributed by atoms with Crippen molar-refractivity contribution < 1.29 is 13.9 Å². The summed E-state index contributed by atoms with van der Waals surface area (Å²) in [5.74, 6) is -0.173. The van der Waals surface area contributed by atoms with Gasteiger partial charge in [0.25, 0.3) is 5.56 Å². The van der Waals surface area contributed by atoms with Crippen LogP contribution in [0.1, 0.15) is 12.5 Å². The monoisotopic (exact) mass is 395 g/mol. The molecule has 0 aliphatic carbocycles.